The zero-order chi connectivity index (χ0) is 12.4. The smallest absolute Gasteiger partial charge is 0.258 e. The molecule has 92 valence electrons. The maximum Gasteiger partial charge on any atom is 0.258 e. The van der Waals surface area contributed by atoms with Gasteiger partial charge in [-0.2, -0.15) is 0 Å². The number of primary amides is 1. The highest BCUT2D eigenvalue weighted by molar-refractivity contribution is 5.78. The van der Waals surface area contributed by atoms with Gasteiger partial charge in [-0.25, -0.2) is 0 Å². The highest BCUT2D eigenvalue weighted by Gasteiger charge is 2.19. The zero-order valence-electron chi connectivity index (χ0n) is 9.85. The number of carbonyl (C=O) groups is 1. The Morgan fingerprint density at radius 3 is 3.06 bits per heavy atom. The summed E-state index contributed by atoms with van der Waals surface area (Å²) in [7, 11) is 0. The molecule has 0 saturated heterocycles. The Morgan fingerprint density at radius 1 is 1.59 bits per heavy atom. The first-order chi connectivity index (χ1) is 8.08. The predicted molar refractivity (Wildman–Crippen MR) is 63.6 cm³/mol. The Balaban J connectivity index is 2.19. The van der Waals surface area contributed by atoms with Gasteiger partial charge in [0.15, 0.2) is 6.10 Å². The zero-order valence-corrected chi connectivity index (χ0v) is 9.85. The molecule has 0 radical (unpaired) electrons. The average molecular weight is 235 g/mol. The van der Waals surface area contributed by atoms with Gasteiger partial charge in [0.2, 0.25) is 0 Å². The average Bonchev–Trinajstić information content (AvgIpc) is 2.29. The first-order valence-corrected chi connectivity index (χ1v) is 5.85. The lowest BCUT2D eigenvalue weighted by Gasteiger charge is -2.22. The number of aliphatic hydroxyl groups excluding tert-OH is 1. The van der Waals surface area contributed by atoms with E-state index in [-0.39, 0.29) is 6.10 Å². The van der Waals surface area contributed by atoms with Gasteiger partial charge in [0, 0.05) is 0 Å². The lowest BCUT2D eigenvalue weighted by atomic mass is 9.89. The summed E-state index contributed by atoms with van der Waals surface area (Å²) in [5.74, 6) is 0.145. The quantitative estimate of drug-likeness (QED) is 0.829. The molecule has 17 heavy (non-hydrogen) atoms. The van der Waals surface area contributed by atoms with E-state index in [1.165, 1.54) is 0 Å². The fourth-order valence-corrected chi connectivity index (χ4v) is 2.10. The van der Waals surface area contributed by atoms with Crippen LogP contribution in [-0.4, -0.2) is 17.1 Å². The number of ether oxygens (including phenoxy) is 1. The molecule has 0 spiro atoms. The third-order valence-electron chi connectivity index (χ3n) is 3.11. The lowest BCUT2D eigenvalue weighted by Crippen LogP contribution is -2.30. The highest BCUT2D eigenvalue weighted by atomic mass is 16.5. The molecule has 2 atom stereocenters. The molecule has 1 aliphatic rings. The summed E-state index contributed by atoms with van der Waals surface area (Å²) in [5, 5.41) is 9.81. The van der Waals surface area contributed by atoms with Crippen LogP contribution in [0.1, 0.15) is 37.0 Å². The molecule has 1 aliphatic carbocycles. The topological polar surface area (TPSA) is 72.6 Å². The van der Waals surface area contributed by atoms with Crippen LogP contribution in [0.2, 0.25) is 0 Å². The number of fused-ring (bicyclic) bond motifs is 1. The number of amides is 1. The number of benzene rings is 1. The van der Waals surface area contributed by atoms with Crippen molar-refractivity contribution in [2.24, 2.45) is 5.73 Å². The normalized spacial score (nSPS) is 20.5. The second-order valence-electron chi connectivity index (χ2n) is 4.43. The van der Waals surface area contributed by atoms with Crippen LogP contribution in [0.15, 0.2) is 18.2 Å². The number of nitrogens with two attached hydrogens (primary N) is 1. The molecular formula is C13H17NO3. The van der Waals surface area contributed by atoms with Crippen molar-refractivity contribution >= 4 is 5.91 Å². The molecule has 0 saturated carbocycles. The largest absolute Gasteiger partial charge is 0.481 e. The Hall–Kier alpha value is -1.55. The van der Waals surface area contributed by atoms with Crippen LogP contribution in [0, 0.1) is 0 Å². The van der Waals surface area contributed by atoms with Gasteiger partial charge in [-0.1, -0.05) is 6.07 Å². The summed E-state index contributed by atoms with van der Waals surface area (Å²) in [6.45, 7) is 1.62. The predicted octanol–water partition coefficient (Wildman–Crippen LogP) is 1.31. The van der Waals surface area contributed by atoms with Crippen molar-refractivity contribution in [2.45, 2.75) is 38.4 Å². The van der Waals surface area contributed by atoms with Crippen molar-refractivity contribution in [1.82, 2.24) is 0 Å². The Labute approximate surface area is 100 Å². The second-order valence-corrected chi connectivity index (χ2v) is 4.43. The molecule has 1 aromatic carbocycles. The maximum atomic E-state index is 10.9. The van der Waals surface area contributed by atoms with Crippen molar-refractivity contribution in [3.8, 4) is 5.75 Å². The molecule has 0 aromatic heterocycles. The number of hydrogen-bond acceptors (Lipinski definition) is 3. The fourth-order valence-electron chi connectivity index (χ4n) is 2.10. The van der Waals surface area contributed by atoms with E-state index >= 15 is 0 Å². The van der Waals surface area contributed by atoms with Crippen molar-refractivity contribution < 1.29 is 14.6 Å². The first kappa shape index (κ1) is 11.9. The minimum absolute atomic E-state index is 0.374. The van der Waals surface area contributed by atoms with E-state index in [2.05, 4.69) is 0 Å². The number of rotatable bonds is 3. The third kappa shape index (κ3) is 2.58. The van der Waals surface area contributed by atoms with E-state index in [1.54, 1.807) is 13.0 Å². The molecule has 2 rings (SSSR count). The summed E-state index contributed by atoms with van der Waals surface area (Å²) in [6, 6.07) is 5.52. The van der Waals surface area contributed by atoms with Crippen LogP contribution in [0.3, 0.4) is 0 Å². The molecule has 0 heterocycles. The summed E-state index contributed by atoms with van der Waals surface area (Å²) >= 11 is 0. The summed E-state index contributed by atoms with van der Waals surface area (Å²) in [4.78, 5) is 10.9. The third-order valence-corrected chi connectivity index (χ3v) is 3.11. The standard InChI is InChI=1S/C13H17NO3/c1-8(13(14)16)17-10-5-6-11-9(7-10)3-2-4-12(11)15/h5-8,12,15H,2-4H2,1H3,(H2,14,16). The van der Waals surface area contributed by atoms with Crippen LogP contribution in [-0.2, 0) is 11.2 Å². The van der Waals surface area contributed by atoms with Crippen molar-refractivity contribution in [3.05, 3.63) is 29.3 Å². The van der Waals surface area contributed by atoms with Gasteiger partial charge >= 0.3 is 0 Å². The number of carbonyl (C=O) groups excluding carboxylic acids is 1. The Bertz CT molecular complexity index is 431. The van der Waals surface area contributed by atoms with Crippen molar-refractivity contribution in [2.75, 3.05) is 0 Å². The minimum Gasteiger partial charge on any atom is -0.481 e. The molecular weight excluding hydrogens is 218 g/mol. The molecule has 1 amide bonds. The van der Waals surface area contributed by atoms with E-state index in [4.69, 9.17) is 10.5 Å². The van der Waals surface area contributed by atoms with Crippen LogP contribution in [0.25, 0.3) is 0 Å². The molecule has 0 aliphatic heterocycles. The molecule has 3 N–H and O–H groups in total. The fraction of sp³-hybridized carbons (Fsp3) is 0.462. The highest BCUT2D eigenvalue weighted by Crippen LogP contribution is 2.32. The van der Waals surface area contributed by atoms with Gasteiger partial charge in [0.1, 0.15) is 5.75 Å². The molecule has 0 bridgehead atoms. The molecule has 4 heteroatoms. The van der Waals surface area contributed by atoms with Crippen molar-refractivity contribution in [3.63, 3.8) is 0 Å². The monoisotopic (exact) mass is 235 g/mol. The molecule has 4 nitrogen and oxygen atoms in total. The number of aliphatic hydroxyl groups is 1. The van der Waals surface area contributed by atoms with Crippen LogP contribution in [0.5, 0.6) is 5.75 Å². The lowest BCUT2D eigenvalue weighted by molar-refractivity contribution is -0.123. The minimum atomic E-state index is -0.637. The van der Waals surface area contributed by atoms with Crippen LogP contribution in [0.4, 0.5) is 0 Å². The Kier molecular flexibility index (Phi) is 3.33. The van der Waals surface area contributed by atoms with Crippen LogP contribution < -0.4 is 10.5 Å². The van der Waals surface area contributed by atoms with Gasteiger partial charge in [-0.05, 0) is 49.4 Å². The van der Waals surface area contributed by atoms with E-state index in [0.717, 1.165) is 30.4 Å². The van der Waals surface area contributed by atoms with Gasteiger partial charge in [-0.15, -0.1) is 0 Å². The van der Waals surface area contributed by atoms with E-state index in [0.29, 0.717) is 5.75 Å². The van der Waals surface area contributed by atoms with Gasteiger partial charge in [0.05, 0.1) is 6.10 Å². The van der Waals surface area contributed by atoms with E-state index in [1.807, 2.05) is 12.1 Å². The summed E-state index contributed by atoms with van der Waals surface area (Å²) in [5.41, 5.74) is 7.20. The van der Waals surface area contributed by atoms with Crippen molar-refractivity contribution in [1.29, 1.82) is 0 Å². The molecule has 0 fully saturated rings. The maximum absolute atomic E-state index is 10.9. The van der Waals surface area contributed by atoms with E-state index in [9.17, 15) is 9.90 Å². The van der Waals surface area contributed by atoms with Gasteiger partial charge in [0.25, 0.3) is 5.91 Å². The number of aryl methyl sites for hydroxylation is 1. The summed E-state index contributed by atoms with van der Waals surface area (Å²) < 4.78 is 5.42. The van der Waals surface area contributed by atoms with Gasteiger partial charge < -0.3 is 15.6 Å². The SMILES string of the molecule is CC(Oc1ccc2c(c1)CCCC2O)C(N)=O. The van der Waals surface area contributed by atoms with E-state index < -0.39 is 12.0 Å². The first-order valence-electron chi connectivity index (χ1n) is 5.85. The Morgan fingerprint density at radius 2 is 2.35 bits per heavy atom. The van der Waals surface area contributed by atoms with Gasteiger partial charge in [-0.3, -0.25) is 4.79 Å². The number of hydrogen-bond donors (Lipinski definition) is 2. The molecule has 1 aromatic rings. The second kappa shape index (κ2) is 4.75. The summed E-state index contributed by atoms with van der Waals surface area (Å²) in [6.07, 6.45) is 1.71. The van der Waals surface area contributed by atoms with Crippen LogP contribution >= 0.6 is 0 Å². The molecule has 2 unspecified atom stereocenters.